The fourth-order valence-electron chi connectivity index (χ4n) is 3.70. The van der Waals surface area contributed by atoms with Crippen molar-refractivity contribution in [3.05, 3.63) is 88.5 Å². The first-order chi connectivity index (χ1) is 16.6. The number of halogens is 6. The summed E-state index contributed by atoms with van der Waals surface area (Å²) in [6, 6.07) is 8.95. The summed E-state index contributed by atoms with van der Waals surface area (Å²) in [5.74, 6) is -6.01. The molecular weight excluding hydrogens is 474 g/mol. The Balaban J connectivity index is 1.55. The molecule has 186 valence electrons. The van der Waals surface area contributed by atoms with Crippen molar-refractivity contribution in [1.82, 2.24) is 0 Å². The van der Waals surface area contributed by atoms with Gasteiger partial charge < -0.3 is 14.2 Å². The van der Waals surface area contributed by atoms with E-state index in [2.05, 4.69) is 4.74 Å². The minimum Gasteiger partial charge on any atom is -0.429 e. The number of rotatable bonds is 6. The van der Waals surface area contributed by atoms with Crippen LogP contribution in [0.5, 0.6) is 5.75 Å². The molecule has 0 amide bonds. The smallest absolute Gasteiger partial charge is 0.429 e. The van der Waals surface area contributed by atoms with Crippen molar-refractivity contribution in [2.75, 3.05) is 13.2 Å². The molecule has 0 bridgehead atoms. The third-order valence-electron chi connectivity index (χ3n) is 5.89. The Bertz CT molecular complexity index is 1160. The molecule has 0 atom stereocenters. The van der Waals surface area contributed by atoms with E-state index in [4.69, 9.17) is 9.47 Å². The van der Waals surface area contributed by atoms with Gasteiger partial charge in [0, 0.05) is 29.2 Å². The Morgan fingerprint density at radius 1 is 0.829 bits per heavy atom. The van der Waals surface area contributed by atoms with E-state index in [1.54, 1.807) is 24.3 Å². The predicted octanol–water partition coefficient (Wildman–Crippen LogP) is 7.42. The summed E-state index contributed by atoms with van der Waals surface area (Å²) in [5, 5.41) is 0. The first kappa shape index (κ1) is 25.1. The van der Waals surface area contributed by atoms with Crippen LogP contribution in [-0.2, 0) is 15.6 Å². The van der Waals surface area contributed by atoms with Crippen LogP contribution in [0.1, 0.15) is 36.3 Å². The van der Waals surface area contributed by atoms with Gasteiger partial charge in [-0.2, -0.15) is 8.78 Å². The SMILES string of the molecule is CCC1COC(c2ccc(-c3cc(F)c(C(F)(F)Oc4cc(F)c(C)c(F)c4)c(F)c3)cc2)OC1. The molecule has 1 fully saturated rings. The van der Waals surface area contributed by atoms with Crippen LogP contribution in [0.3, 0.4) is 0 Å². The van der Waals surface area contributed by atoms with Gasteiger partial charge >= 0.3 is 6.11 Å². The second-order valence-electron chi connectivity index (χ2n) is 8.34. The van der Waals surface area contributed by atoms with Crippen molar-refractivity contribution in [2.45, 2.75) is 32.7 Å². The van der Waals surface area contributed by atoms with Crippen LogP contribution in [0.4, 0.5) is 26.3 Å². The van der Waals surface area contributed by atoms with Crippen LogP contribution < -0.4 is 4.74 Å². The molecule has 3 nitrogen and oxygen atoms in total. The second kappa shape index (κ2) is 9.91. The number of ether oxygens (including phenoxy) is 3. The molecule has 35 heavy (non-hydrogen) atoms. The average molecular weight is 496 g/mol. The van der Waals surface area contributed by atoms with Crippen LogP contribution in [0, 0.1) is 36.1 Å². The summed E-state index contributed by atoms with van der Waals surface area (Å²) in [6.07, 6.45) is -4.16. The molecule has 0 spiro atoms. The Labute approximate surface area is 198 Å². The lowest BCUT2D eigenvalue weighted by Crippen LogP contribution is -2.26. The van der Waals surface area contributed by atoms with Gasteiger partial charge in [-0.05, 0) is 36.6 Å². The zero-order valence-corrected chi connectivity index (χ0v) is 18.9. The fraction of sp³-hybridized carbons (Fsp3) is 0.308. The van der Waals surface area contributed by atoms with Crippen molar-refractivity contribution in [1.29, 1.82) is 0 Å². The molecule has 0 N–H and O–H groups in total. The Kier molecular flexibility index (Phi) is 7.10. The number of alkyl halides is 2. The maximum absolute atomic E-state index is 14.7. The fourth-order valence-corrected chi connectivity index (χ4v) is 3.70. The van der Waals surface area contributed by atoms with Gasteiger partial charge in [0.25, 0.3) is 0 Å². The molecule has 0 saturated carbocycles. The molecular formula is C26H22F6O3. The highest BCUT2D eigenvalue weighted by atomic mass is 19.3. The number of hydrogen-bond donors (Lipinski definition) is 0. The molecule has 0 aromatic heterocycles. The highest BCUT2D eigenvalue weighted by Gasteiger charge is 2.41. The van der Waals surface area contributed by atoms with Crippen molar-refractivity contribution in [2.24, 2.45) is 5.92 Å². The van der Waals surface area contributed by atoms with E-state index in [0.717, 1.165) is 25.5 Å². The molecule has 1 saturated heterocycles. The normalized spacial score (nSPS) is 18.5. The zero-order valence-electron chi connectivity index (χ0n) is 18.9. The van der Waals surface area contributed by atoms with Crippen LogP contribution in [-0.4, -0.2) is 13.2 Å². The number of hydrogen-bond acceptors (Lipinski definition) is 3. The monoisotopic (exact) mass is 496 g/mol. The van der Waals surface area contributed by atoms with Crippen LogP contribution >= 0.6 is 0 Å². The molecule has 1 aliphatic heterocycles. The summed E-state index contributed by atoms with van der Waals surface area (Å²) in [4.78, 5) is 0. The molecule has 1 heterocycles. The Hall–Kier alpha value is -3.04. The summed E-state index contributed by atoms with van der Waals surface area (Å²) >= 11 is 0. The van der Waals surface area contributed by atoms with Crippen molar-refractivity contribution < 1.29 is 40.6 Å². The van der Waals surface area contributed by atoms with E-state index in [-0.39, 0.29) is 5.56 Å². The molecule has 3 aromatic rings. The van der Waals surface area contributed by atoms with Crippen LogP contribution in [0.25, 0.3) is 11.1 Å². The standard InChI is InChI=1S/C26H22F6O3/c1-3-15-12-33-25(34-13-15)17-6-4-16(5-7-17)18-8-22(29)24(23(30)9-18)26(31,32)35-19-10-20(27)14(2)21(28)11-19/h4-11,15,25H,3,12-13H2,1-2H3. The average Bonchev–Trinajstić information content (AvgIpc) is 2.81. The van der Waals surface area contributed by atoms with Gasteiger partial charge in [-0.25, -0.2) is 17.6 Å². The minimum atomic E-state index is -4.53. The first-order valence-electron chi connectivity index (χ1n) is 10.9. The largest absolute Gasteiger partial charge is 0.432 e. The topological polar surface area (TPSA) is 27.7 Å². The van der Waals surface area contributed by atoms with Gasteiger partial charge in [0.15, 0.2) is 6.29 Å². The highest BCUT2D eigenvalue weighted by Crippen LogP contribution is 2.38. The molecule has 4 rings (SSSR count). The Morgan fingerprint density at radius 2 is 1.37 bits per heavy atom. The van der Waals surface area contributed by atoms with Gasteiger partial charge in [0.1, 0.15) is 34.6 Å². The lowest BCUT2D eigenvalue weighted by atomic mass is 10.0. The first-order valence-corrected chi connectivity index (χ1v) is 10.9. The zero-order chi connectivity index (χ0) is 25.3. The highest BCUT2D eigenvalue weighted by molar-refractivity contribution is 5.64. The van der Waals surface area contributed by atoms with Gasteiger partial charge in [-0.15, -0.1) is 0 Å². The van der Waals surface area contributed by atoms with Gasteiger partial charge in [-0.3, -0.25) is 0 Å². The number of benzene rings is 3. The third kappa shape index (κ3) is 5.31. The quantitative estimate of drug-likeness (QED) is 0.333. The van der Waals surface area contributed by atoms with Crippen LogP contribution in [0.15, 0.2) is 48.5 Å². The van der Waals surface area contributed by atoms with E-state index in [0.29, 0.717) is 42.4 Å². The maximum Gasteiger partial charge on any atom is 0.432 e. The van der Waals surface area contributed by atoms with E-state index >= 15 is 0 Å². The molecule has 1 aliphatic rings. The summed E-state index contributed by atoms with van der Waals surface area (Å²) < 4.78 is 102. The van der Waals surface area contributed by atoms with E-state index in [1.807, 2.05) is 6.92 Å². The minimum absolute atomic E-state index is 0.00931. The molecule has 0 radical (unpaired) electrons. The molecule has 0 unspecified atom stereocenters. The Morgan fingerprint density at radius 3 is 1.89 bits per heavy atom. The van der Waals surface area contributed by atoms with E-state index < -0.39 is 52.5 Å². The lowest BCUT2D eigenvalue weighted by Gasteiger charge is -2.29. The predicted molar refractivity (Wildman–Crippen MR) is 116 cm³/mol. The third-order valence-corrected chi connectivity index (χ3v) is 5.89. The lowest BCUT2D eigenvalue weighted by molar-refractivity contribution is -0.205. The van der Waals surface area contributed by atoms with E-state index in [1.165, 1.54) is 0 Å². The van der Waals surface area contributed by atoms with Gasteiger partial charge in [0.2, 0.25) is 0 Å². The van der Waals surface area contributed by atoms with Gasteiger partial charge in [0.05, 0.1) is 13.2 Å². The van der Waals surface area contributed by atoms with Crippen LogP contribution in [0.2, 0.25) is 0 Å². The van der Waals surface area contributed by atoms with Crippen molar-refractivity contribution in [3.8, 4) is 16.9 Å². The molecule has 3 aromatic carbocycles. The van der Waals surface area contributed by atoms with E-state index in [9.17, 15) is 26.3 Å². The van der Waals surface area contributed by atoms with Crippen molar-refractivity contribution >= 4 is 0 Å². The summed E-state index contributed by atoms with van der Waals surface area (Å²) in [7, 11) is 0. The van der Waals surface area contributed by atoms with Gasteiger partial charge in [-0.1, -0.05) is 31.2 Å². The maximum atomic E-state index is 14.7. The van der Waals surface area contributed by atoms with Crippen molar-refractivity contribution in [3.63, 3.8) is 0 Å². The second-order valence-corrected chi connectivity index (χ2v) is 8.34. The summed E-state index contributed by atoms with van der Waals surface area (Å²) in [6.45, 7) is 4.26. The molecule has 9 heteroatoms. The molecule has 0 aliphatic carbocycles. The summed E-state index contributed by atoms with van der Waals surface area (Å²) in [5.41, 5.74) is -0.991.